The molecule has 0 unspecified atom stereocenters. The summed E-state index contributed by atoms with van der Waals surface area (Å²) in [5.74, 6) is 0.315. The smallest absolute Gasteiger partial charge is 0.311 e. The van der Waals surface area contributed by atoms with E-state index in [9.17, 15) is 15.2 Å². The van der Waals surface area contributed by atoms with E-state index in [1.807, 2.05) is 4.90 Å². The summed E-state index contributed by atoms with van der Waals surface area (Å²) >= 11 is 5.85. The van der Waals surface area contributed by atoms with Gasteiger partial charge in [0.25, 0.3) is 0 Å². The van der Waals surface area contributed by atoms with Crippen molar-refractivity contribution >= 4 is 23.1 Å². The van der Waals surface area contributed by atoms with E-state index in [1.165, 1.54) is 12.1 Å². The van der Waals surface area contributed by atoms with Crippen LogP contribution < -0.4 is 4.90 Å². The van der Waals surface area contributed by atoms with Crippen LogP contribution in [0.5, 0.6) is 0 Å². The van der Waals surface area contributed by atoms with Gasteiger partial charge in [0.05, 0.1) is 10.5 Å². The average Bonchev–Trinajstić information content (AvgIpc) is 2.37. The van der Waals surface area contributed by atoms with E-state index in [0.717, 1.165) is 13.1 Å². The van der Waals surface area contributed by atoms with Crippen molar-refractivity contribution in [3.8, 4) is 0 Å². The zero-order chi connectivity index (χ0) is 15.6. The molecule has 1 aliphatic rings. The normalized spacial score (nSPS) is 17.0. The van der Waals surface area contributed by atoms with E-state index < -0.39 is 10.5 Å². The lowest BCUT2D eigenvalue weighted by Crippen LogP contribution is -2.50. The number of aliphatic hydroxyl groups is 1. The van der Waals surface area contributed by atoms with Gasteiger partial charge in [0.1, 0.15) is 5.15 Å². The van der Waals surface area contributed by atoms with Gasteiger partial charge in [-0.3, -0.25) is 15.0 Å². The third kappa shape index (κ3) is 4.26. The summed E-state index contributed by atoms with van der Waals surface area (Å²) in [5, 5.41) is 21.2. The minimum Gasteiger partial charge on any atom is -0.389 e. The Kier molecular flexibility index (Phi) is 4.65. The molecule has 2 heterocycles. The molecule has 1 aromatic heterocycles. The molecular formula is C13H19ClN4O3. The number of pyridine rings is 1. The second-order valence-electron chi connectivity index (χ2n) is 5.81. The molecule has 7 nitrogen and oxygen atoms in total. The lowest BCUT2D eigenvalue weighted by atomic mass is 10.1. The maximum absolute atomic E-state index is 11.1. The number of piperazine rings is 1. The SMILES string of the molecule is CC(C)(O)CN1CCN(c2nc(Cl)ccc2[N+](=O)[O-])CC1. The molecule has 0 amide bonds. The molecule has 1 fully saturated rings. The molecule has 0 aliphatic carbocycles. The fraction of sp³-hybridized carbons (Fsp3) is 0.615. The van der Waals surface area contributed by atoms with Gasteiger partial charge in [-0.2, -0.15) is 0 Å². The quantitative estimate of drug-likeness (QED) is 0.515. The van der Waals surface area contributed by atoms with E-state index in [4.69, 9.17) is 11.6 Å². The van der Waals surface area contributed by atoms with Gasteiger partial charge in [-0.1, -0.05) is 11.6 Å². The van der Waals surface area contributed by atoms with Crippen LogP contribution in [0, 0.1) is 10.1 Å². The van der Waals surface area contributed by atoms with Crippen LogP contribution in [0.25, 0.3) is 0 Å². The summed E-state index contributed by atoms with van der Waals surface area (Å²) in [4.78, 5) is 18.7. The third-order valence-electron chi connectivity index (χ3n) is 3.30. The molecule has 116 valence electrons. The molecule has 1 N–H and O–H groups in total. The maximum Gasteiger partial charge on any atom is 0.311 e. The summed E-state index contributed by atoms with van der Waals surface area (Å²) in [7, 11) is 0. The first-order valence-electron chi connectivity index (χ1n) is 6.77. The number of anilines is 1. The first-order valence-corrected chi connectivity index (χ1v) is 7.15. The molecule has 21 heavy (non-hydrogen) atoms. The number of nitro groups is 1. The lowest BCUT2D eigenvalue weighted by Gasteiger charge is -2.37. The number of nitrogens with zero attached hydrogens (tertiary/aromatic N) is 4. The van der Waals surface area contributed by atoms with Crippen molar-refractivity contribution in [3.05, 3.63) is 27.4 Å². The summed E-state index contributed by atoms with van der Waals surface area (Å²) in [5.41, 5.74) is -0.780. The molecule has 8 heteroatoms. The second-order valence-corrected chi connectivity index (χ2v) is 6.20. The van der Waals surface area contributed by atoms with Gasteiger partial charge < -0.3 is 10.0 Å². The number of halogens is 1. The molecule has 0 radical (unpaired) electrons. The highest BCUT2D eigenvalue weighted by Gasteiger charge is 2.27. The van der Waals surface area contributed by atoms with Crippen LogP contribution in [0.3, 0.4) is 0 Å². The van der Waals surface area contributed by atoms with Crippen molar-refractivity contribution in [2.24, 2.45) is 0 Å². The van der Waals surface area contributed by atoms with E-state index in [1.54, 1.807) is 13.8 Å². The zero-order valence-electron chi connectivity index (χ0n) is 12.1. The Morgan fingerprint density at radius 3 is 2.52 bits per heavy atom. The monoisotopic (exact) mass is 314 g/mol. The van der Waals surface area contributed by atoms with Crippen molar-refractivity contribution in [1.82, 2.24) is 9.88 Å². The van der Waals surface area contributed by atoms with Gasteiger partial charge >= 0.3 is 5.69 Å². The van der Waals surface area contributed by atoms with E-state index in [-0.39, 0.29) is 10.8 Å². The summed E-state index contributed by atoms with van der Waals surface area (Å²) in [6, 6.07) is 2.81. The average molecular weight is 315 g/mol. The molecule has 0 atom stereocenters. The molecule has 1 saturated heterocycles. The predicted octanol–water partition coefficient (Wildman–Crippen LogP) is 1.54. The second kappa shape index (κ2) is 6.13. The summed E-state index contributed by atoms with van der Waals surface area (Å²) in [6.07, 6.45) is 0. The molecule has 0 spiro atoms. The molecule has 0 bridgehead atoms. The van der Waals surface area contributed by atoms with E-state index >= 15 is 0 Å². The molecular weight excluding hydrogens is 296 g/mol. The van der Waals surface area contributed by atoms with Crippen LogP contribution in [-0.4, -0.2) is 58.2 Å². The fourth-order valence-corrected chi connectivity index (χ4v) is 2.60. The first kappa shape index (κ1) is 15.9. The number of rotatable bonds is 4. The number of β-amino-alcohol motifs (C(OH)–C–C–N with tert-alkyl or cyclic N) is 1. The number of aromatic nitrogens is 1. The molecule has 1 aliphatic heterocycles. The Balaban J connectivity index is 2.09. The van der Waals surface area contributed by atoms with Gasteiger partial charge in [0, 0.05) is 38.8 Å². The first-order chi connectivity index (χ1) is 9.76. The Bertz CT molecular complexity index is 525. The Hall–Kier alpha value is -1.44. The highest BCUT2D eigenvalue weighted by molar-refractivity contribution is 6.29. The van der Waals surface area contributed by atoms with Crippen molar-refractivity contribution in [2.45, 2.75) is 19.4 Å². The Morgan fingerprint density at radius 1 is 1.38 bits per heavy atom. The molecule has 0 aromatic carbocycles. The minimum absolute atomic E-state index is 0.0321. The molecule has 0 saturated carbocycles. The fourth-order valence-electron chi connectivity index (χ4n) is 2.46. The zero-order valence-corrected chi connectivity index (χ0v) is 12.9. The summed E-state index contributed by atoms with van der Waals surface area (Å²) in [6.45, 7) is 6.77. The van der Waals surface area contributed by atoms with Crippen molar-refractivity contribution in [3.63, 3.8) is 0 Å². The van der Waals surface area contributed by atoms with E-state index in [2.05, 4.69) is 9.88 Å². The maximum atomic E-state index is 11.1. The van der Waals surface area contributed by atoms with Crippen molar-refractivity contribution in [1.29, 1.82) is 0 Å². The van der Waals surface area contributed by atoms with Gasteiger partial charge in [-0.15, -0.1) is 0 Å². The van der Waals surface area contributed by atoms with Crippen molar-refractivity contribution < 1.29 is 10.0 Å². The van der Waals surface area contributed by atoms with Gasteiger partial charge in [0.15, 0.2) is 0 Å². The van der Waals surface area contributed by atoms with Gasteiger partial charge in [-0.05, 0) is 19.9 Å². The summed E-state index contributed by atoms with van der Waals surface area (Å²) < 4.78 is 0. The highest BCUT2D eigenvalue weighted by Crippen LogP contribution is 2.28. The van der Waals surface area contributed by atoms with Crippen LogP contribution in [0.4, 0.5) is 11.5 Å². The Labute approximate surface area is 128 Å². The highest BCUT2D eigenvalue weighted by atomic mass is 35.5. The molecule has 2 rings (SSSR count). The van der Waals surface area contributed by atoms with Crippen LogP contribution in [-0.2, 0) is 0 Å². The van der Waals surface area contributed by atoms with E-state index in [0.29, 0.717) is 25.5 Å². The predicted molar refractivity (Wildman–Crippen MR) is 80.9 cm³/mol. The number of hydrogen-bond acceptors (Lipinski definition) is 6. The topological polar surface area (TPSA) is 82.7 Å². The number of hydrogen-bond donors (Lipinski definition) is 1. The van der Waals surface area contributed by atoms with Crippen LogP contribution in [0.1, 0.15) is 13.8 Å². The third-order valence-corrected chi connectivity index (χ3v) is 3.51. The van der Waals surface area contributed by atoms with Crippen LogP contribution >= 0.6 is 11.6 Å². The largest absolute Gasteiger partial charge is 0.389 e. The van der Waals surface area contributed by atoms with Crippen LogP contribution in [0.15, 0.2) is 12.1 Å². The molecule has 1 aromatic rings. The van der Waals surface area contributed by atoms with Gasteiger partial charge in [0.2, 0.25) is 5.82 Å². The minimum atomic E-state index is -0.748. The van der Waals surface area contributed by atoms with Gasteiger partial charge in [-0.25, -0.2) is 4.98 Å². The Morgan fingerprint density at radius 2 is 2.00 bits per heavy atom. The van der Waals surface area contributed by atoms with Crippen LogP contribution in [0.2, 0.25) is 5.15 Å². The standard InChI is InChI=1S/C13H19ClN4O3/c1-13(2,19)9-16-5-7-17(8-6-16)12-10(18(20)21)3-4-11(14)15-12/h3-4,19H,5-9H2,1-2H3. The van der Waals surface area contributed by atoms with Crippen molar-refractivity contribution in [2.75, 3.05) is 37.6 Å². The lowest BCUT2D eigenvalue weighted by molar-refractivity contribution is -0.384.